The normalized spacial score (nSPS) is 13.0. The molecule has 0 saturated carbocycles. The van der Waals surface area contributed by atoms with Crippen LogP contribution in [0.15, 0.2) is 10.8 Å². The highest BCUT2D eigenvalue weighted by atomic mass is 16.3. The maximum atomic E-state index is 5.50. The van der Waals surface area contributed by atoms with Crippen molar-refractivity contribution >= 4 is 17.2 Å². The van der Waals surface area contributed by atoms with Crippen LogP contribution in [0.3, 0.4) is 0 Å². The molecule has 0 aliphatic rings. The highest BCUT2D eigenvalue weighted by Crippen LogP contribution is 2.15. The van der Waals surface area contributed by atoms with Gasteiger partial charge in [-0.3, -0.25) is 0 Å². The fourth-order valence-electron chi connectivity index (χ4n) is 1.24. The number of hydrogen-bond acceptors (Lipinski definition) is 6. The third kappa shape index (κ3) is 1.89. The van der Waals surface area contributed by atoms with Gasteiger partial charge in [0, 0.05) is 12.6 Å². The van der Waals surface area contributed by atoms with Crippen molar-refractivity contribution in [3.63, 3.8) is 0 Å². The first-order valence-electron chi connectivity index (χ1n) is 4.75. The molecule has 0 fully saturated rings. The molecule has 15 heavy (non-hydrogen) atoms. The topological polar surface area (TPSA) is 89.9 Å². The van der Waals surface area contributed by atoms with Crippen molar-refractivity contribution in [2.45, 2.75) is 19.9 Å². The minimum atomic E-state index is 0.129. The summed E-state index contributed by atoms with van der Waals surface area (Å²) in [6, 6.07) is 0.129. The maximum Gasteiger partial charge on any atom is 0.251 e. The molecule has 2 rings (SSSR count). The largest absolute Gasteiger partial charge is 0.425 e. The fourth-order valence-corrected chi connectivity index (χ4v) is 1.24. The van der Waals surface area contributed by atoms with E-state index in [-0.39, 0.29) is 6.04 Å². The minimum Gasteiger partial charge on any atom is -0.425 e. The first kappa shape index (κ1) is 9.85. The van der Waals surface area contributed by atoms with Crippen LogP contribution in [0.4, 0.5) is 5.95 Å². The van der Waals surface area contributed by atoms with E-state index >= 15 is 0 Å². The number of oxazole rings is 1. The van der Waals surface area contributed by atoms with Gasteiger partial charge in [-0.15, -0.1) is 0 Å². The summed E-state index contributed by atoms with van der Waals surface area (Å²) in [5.41, 5.74) is 7.48. The lowest BCUT2D eigenvalue weighted by Crippen LogP contribution is -2.26. The van der Waals surface area contributed by atoms with Gasteiger partial charge in [0.1, 0.15) is 0 Å². The molecule has 0 aliphatic carbocycles. The van der Waals surface area contributed by atoms with Gasteiger partial charge < -0.3 is 15.5 Å². The number of nitrogens with zero attached hydrogens (tertiary/aromatic N) is 3. The molecule has 2 aromatic heterocycles. The average Bonchev–Trinajstić information content (AvgIpc) is 2.66. The van der Waals surface area contributed by atoms with Crippen LogP contribution in [0, 0.1) is 6.92 Å². The van der Waals surface area contributed by atoms with Gasteiger partial charge in [0.25, 0.3) is 5.71 Å². The summed E-state index contributed by atoms with van der Waals surface area (Å²) >= 11 is 0. The molecule has 0 spiro atoms. The Kier molecular flexibility index (Phi) is 2.51. The predicted molar refractivity (Wildman–Crippen MR) is 56.5 cm³/mol. The monoisotopic (exact) mass is 207 g/mol. The van der Waals surface area contributed by atoms with Crippen LogP contribution < -0.4 is 11.1 Å². The van der Waals surface area contributed by atoms with Crippen molar-refractivity contribution in [1.29, 1.82) is 0 Å². The summed E-state index contributed by atoms with van der Waals surface area (Å²) in [5.74, 6) is 0.523. The number of rotatable bonds is 3. The number of anilines is 1. The highest BCUT2D eigenvalue weighted by molar-refractivity contribution is 5.71. The zero-order chi connectivity index (χ0) is 10.8. The molecule has 1 atom stereocenters. The van der Waals surface area contributed by atoms with Crippen LogP contribution in [0.25, 0.3) is 11.2 Å². The minimum absolute atomic E-state index is 0.129. The van der Waals surface area contributed by atoms with Crippen molar-refractivity contribution in [2.24, 2.45) is 5.73 Å². The van der Waals surface area contributed by atoms with Crippen molar-refractivity contribution in [3.05, 3.63) is 12.1 Å². The van der Waals surface area contributed by atoms with Crippen LogP contribution in [0.5, 0.6) is 0 Å². The number of hydrogen-bond donors (Lipinski definition) is 2. The van der Waals surface area contributed by atoms with E-state index in [9.17, 15) is 0 Å². The van der Waals surface area contributed by atoms with Gasteiger partial charge in [-0.25, -0.2) is 9.97 Å². The van der Waals surface area contributed by atoms with E-state index in [1.807, 2.05) is 13.8 Å². The van der Waals surface area contributed by atoms with Gasteiger partial charge in [0.15, 0.2) is 11.9 Å². The summed E-state index contributed by atoms with van der Waals surface area (Å²) in [5, 5.41) is 3.08. The molecular weight excluding hydrogens is 194 g/mol. The summed E-state index contributed by atoms with van der Waals surface area (Å²) in [7, 11) is 0. The van der Waals surface area contributed by atoms with Gasteiger partial charge in [-0.1, -0.05) is 0 Å². The van der Waals surface area contributed by atoms with E-state index in [1.165, 1.54) is 6.39 Å². The first-order valence-corrected chi connectivity index (χ1v) is 4.75. The standard InChI is InChI=1S/C9H13N5O/c1-5(3-10)12-9-13-6(2)7-8(14-9)15-4-11-7/h4-5H,3,10H2,1-2H3,(H,12,13,14). The summed E-state index contributed by atoms with van der Waals surface area (Å²) in [6.45, 7) is 4.35. The van der Waals surface area contributed by atoms with Crippen molar-refractivity contribution in [2.75, 3.05) is 11.9 Å². The Bertz CT molecular complexity index is 466. The zero-order valence-corrected chi connectivity index (χ0v) is 8.69. The molecule has 6 nitrogen and oxygen atoms in total. The Labute approximate surface area is 86.9 Å². The van der Waals surface area contributed by atoms with Gasteiger partial charge in [0.2, 0.25) is 5.95 Å². The summed E-state index contributed by atoms with van der Waals surface area (Å²) in [4.78, 5) is 12.5. The molecule has 3 N–H and O–H groups in total. The number of aromatic nitrogens is 3. The Balaban J connectivity index is 2.36. The van der Waals surface area contributed by atoms with Crippen LogP contribution >= 0.6 is 0 Å². The highest BCUT2D eigenvalue weighted by Gasteiger charge is 2.09. The molecule has 0 radical (unpaired) electrons. The molecule has 80 valence electrons. The second-order valence-corrected chi connectivity index (χ2v) is 3.42. The lowest BCUT2D eigenvalue weighted by atomic mass is 10.3. The molecule has 0 aromatic carbocycles. The fraction of sp³-hybridized carbons (Fsp3) is 0.444. The maximum absolute atomic E-state index is 5.50. The average molecular weight is 207 g/mol. The predicted octanol–water partition coefficient (Wildman–Crippen LogP) is 0.685. The number of nitrogens with one attached hydrogen (secondary N) is 1. The van der Waals surface area contributed by atoms with Crippen LogP contribution in [-0.2, 0) is 0 Å². The van der Waals surface area contributed by atoms with Crippen molar-refractivity contribution in [1.82, 2.24) is 15.0 Å². The van der Waals surface area contributed by atoms with E-state index in [0.29, 0.717) is 23.7 Å². The molecule has 6 heteroatoms. The molecule has 0 saturated heterocycles. The number of fused-ring (bicyclic) bond motifs is 1. The molecular formula is C9H13N5O. The quantitative estimate of drug-likeness (QED) is 0.769. The van der Waals surface area contributed by atoms with Gasteiger partial charge in [-0.05, 0) is 13.8 Å². The molecule has 0 aliphatic heterocycles. The van der Waals surface area contributed by atoms with E-state index in [4.69, 9.17) is 10.2 Å². The Morgan fingerprint density at radius 1 is 1.53 bits per heavy atom. The van der Waals surface area contributed by atoms with E-state index < -0.39 is 0 Å². The summed E-state index contributed by atoms with van der Waals surface area (Å²) < 4.78 is 5.12. The Morgan fingerprint density at radius 2 is 2.33 bits per heavy atom. The molecule has 2 heterocycles. The third-order valence-electron chi connectivity index (χ3n) is 2.10. The molecule has 0 bridgehead atoms. The second-order valence-electron chi connectivity index (χ2n) is 3.42. The molecule has 0 amide bonds. The van der Waals surface area contributed by atoms with Crippen molar-refractivity contribution in [3.8, 4) is 0 Å². The van der Waals surface area contributed by atoms with E-state index in [0.717, 1.165) is 5.69 Å². The summed E-state index contributed by atoms with van der Waals surface area (Å²) in [6.07, 6.45) is 1.36. The lowest BCUT2D eigenvalue weighted by Gasteiger charge is -2.10. The van der Waals surface area contributed by atoms with E-state index in [1.54, 1.807) is 0 Å². The molecule has 2 aromatic rings. The first-order chi connectivity index (χ1) is 7.20. The van der Waals surface area contributed by atoms with Gasteiger partial charge in [0.05, 0.1) is 5.69 Å². The Hall–Kier alpha value is -1.69. The lowest BCUT2D eigenvalue weighted by molar-refractivity contribution is 0.590. The van der Waals surface area contributed by atoms with Crippen molar-refractivity contribution < 1.29 is 4.42 Å². The van der Waals surface area contributed by atoms with Crippen LogP contribution in [0.1, 0.15) is 12.6 Å². The smallest absolute Gasteiger partial charge is 0.251 e. The van der Waals surface area contributed by atoms with Crippen LogP contribution in [-0.4, -0.2) is 27.5 Å². The van der Waals surface area contributed by atoms with Crippen LogP contribution in [0.2, 0.25) is 0 Å². The second kappa shape index (κ2) is 3.82. The Morgan fingerprint density at radius 3 is 3.07 bits per heavy atom. The number of aryl methyl sites for hydroxylation is 1. The SMILES string of the molecule is Cc1nc(NC(C)CN)nc2ocnc12. The van der Waals surface area contributed by atoms with Gasteiger partial charge in [-0.2, -0.15) is 4.98 Å². The number of nitrogens with two attached hydrogens (primary N) is 1. The zero-order valence-electron chi connectivity index (χ0n) is 8.69. The van der Waals surface area contributed by atoms with Gasteiger partial charge >= 0.3 is 0 Å². The third-order valence-corrected chi connectivity index (χ3v) is 2.10. The molecule has 1 unspecified atom stereocenters. The van der Waals surface area contributed by atoms with E-state index in [2.05, 4.69) is 20.3 Å².